The van der Waals surface area contributed by atoms with E-state index in [-0.39, 0.29) is 6.08 Å². The molecule has 14 heteroatoms. The molecule has 28 heavy (non-hydrogen) atoms. The van der Waals surface area contributed by atoms with Crippen LogP contribution in [-0.2, 0) is 20.2 Å². The van der Waals surface area contributed by atoms with Crippen LogP contribution in [-0.4, -0.2) is 46.7 Å². The fraction of sp³-hybridized carbons (Fsp3) is 0.143. The van der Waals surface area contributed by atoms with Gasteiger partial charge >= 0.3 is 5.66 Å². The minimum absolute atomic E-state index is 0.241. The van der Waals surface area contributed by atoms with Crippen molar-refractivity contribution in [1.29, 1.82) is 0 Å². The van der Waals surface area contributed by atoms with E-state index in [9.17, 15) is 46.2 Å². The molecule has 0 radical (unpaired) electrons. The largest absolute Gasteiger partial charge is 0.501 e. The molecular weight excluding hydrogens is 420 g/mol. The molecule has 0 fully saturated rings. The lowest BCUT2D eigenvalue weighted by molar-refractivity contribution is -0.779. The van der Waals surface area contributed by atoms with Crippen LogP contribution >= 0.6 is 0 Å². The molecule has 0 bridgehead atoms. The van der Waals surface area contributed by atoms with Gasteiger partial charge < -0.3 is 0 Å². The highest BCUT2D eigenvalue weighted by Gasteiger charge is 2.71. The fourth-order valence-corrected chi connectivity index (χ4v) is 5.34. The summed E-state index contributed by atoms with van der Waals surface area (Å²) in [6, 6.07) is 8.09. The molecule has 1 aromatic carbocycles. The molecule has 1 atom stereocenters. The number of benzene rings is 1. The Morgan fingerprint density at radius 3 is 1.93 bits per heavy atom. The average Bonchev–Trinajstić information content (AvgIpc) is 2.57. The summed E-state index contributed by atoms with van der Waals surface area (Å²) >= 11 is 0. The predicted molar refractivity (Wildman–Crippen MR) is 95.2 cm³/mol. The minimum atomic E-state index is -5.74. The summed E-state index contributed by atoms with van der Waals surface area (Å²) in [6.45, 7) is 0. The predicted octanol–water partition coefficient (Wildman–Crippen LogP) is 0.918. The number of hydrogen-bond acceptors (Lipinski definition) is 8. The average molecular weight is 432 g/mol. The zero-order valence-electron chi connectivity index (χ0n) is 13.6. The highest BCUT2D eigenvalue weighted by atomic mass is 32.2. The van der Waals surface area contributed by atoms with Gasteiger partial charge in [0, 0.05) is 0 Å². The van der Waals surface area contributed by atoms with Crippen LogP contribution in [0.25, 0.3) is 6.08 Å². The van der Waals surface area contributed by atoms with E-state index in [0.29, 0.717) is 11.6 Å². The van der Waals surface area contributed by atoms with Gasteiger partial charge in [0.1, 0.15) is 14.8 Å². The maximum absolute atomic E-state index is 11.8. The fourth-order valence-electron chi connectivity index (χ4n) is 2.63. The molecule has 0 amide bonds. The van der Waals surface area contributed by atoms with Crippen LogP contribution in [0.15, 0.2) is 59.0 Å². The molecule has 2 N–H and O–H groups in total. The molecule has 2 rings (SSSR count). The lowest BCUT2D eigenvalue weighted by atomic mass is 9.96. The lowest BCUT2D eigenvalue weighted by Gasteiger charge is -2.25. The summed E-state index contributed by atoms with van der Waals surface area (Å²) in [5.41, 5.74) is -3.85. The Balaban J connectivity index is 2.85. The summed E-state index contributed by atoms with van der Waals surface area (Å²) in [5, 5.41) is 19.5. The van der Waals surface area contributed by atoms with Gasteiger partial charge in [-0.2, -0.15) is 16.8 Å². The van der Waals surface area contributed by atoms with Gasteiger partial charge in [0.05, 0.1) is 6.08 Å². The molecule has 0 heterocycles. The molecule has 0 aromatic heterocycles. The first-order chi connectivity index (χ1) is 12.8. The summed E-state index contributed by atoms with van der Waals surface area (Å²) in [7, 11) is -11.3. The second-order valence-corrected chi connectivity index (χ2v) is 8.46. The van der Waals surface area contributed by atoms with Gasteiger partial charge in [-0.3, -0.25) is 29.3 Å². The minimum Gasteiger partial charge on any atom is -0.285 e. The molecule has 0 saturated heterocycles. The molecule has 12 nitrogen and oxygen atoms in total. The molecule has 150 valence electrons. The first-order valence-corrected chi connectivity index (χ1v) is 10.2. The molecule has 1 aliphatic rings. The van der Waals surface area contributed by atoms with Crippen molar-refractivity contribution in [2.24, 2.45) is 0 Å². The van der Waals surface area contributed by atoms with Crippen LogP contribution in [0.4, 0.5) is 0 Å². The maximum Gasteiger partial charge on any atom is 0.501 e. The number of hydrogen-bond donors (Lipinski definition) is 2. The second-order valence-electron chi connectivity index (χ2n) is 5.56. The van der Waals surface area contributed by atoms with Crippen LogP contribution in [0.2, 0.25) is 0 Å². The van der Waals surface area contributed by atoms with E-state index < -0.39 is 51.5 Å². The van der Waals surface area contributed by atoms with Crippen molar-refractivity contribution in [3.63, 3.8) is 0 Å². The molecule has 0 aliphatic heterocycles. The van der Waals surface area contributed by atoms with Crippen molar-refractivity contribution >= 4 is 26.3 Å². The molecule has 0 saturated carbocycles. The van der Waals surface area contributed by atoms with Gasteiger partial charge in [0.25, 0.3) is 25.5 Å². The molecular formula is C14H12N2O10S2. The monoisotopic (exact) mass is 432 g/mol. The lowest BCUT2D eigenvalue weighted by Crippen LogP contribution is -2.59. The Hall–Kier alpha value is -2.94. The highest BCUT2D eigenvalue weighted by molar-refractivity contribution is 7.93. The molecule has 1 unspecified atom stereocenters. The van der Waals surface area contributed by atoms with Crippen LogP contribution in [0.3, 0.4) is 0 Å². The number of nitrogens with zero attached hydrogens (tertiary/aromatic N) is 2. The van der Waals surface area contributed by atoms with Crippen molar-refractivity contribution in [2.45, 2.75) is 10.9 Å². The second kappa shape index (κ2) is 7.23. The third-order valence-corrected chi connectivity index (χ3v) is 6.19. The quantitative estimate of drug-likeness (QED) is 0.282. The first-order valence-electron chi connectivity index (χ1n) is 7.21. The Morgan fingerprint density at radius 2 is 1.50 bits per heavy atom. The SMILES string of the molecule is O=[N+]([O-])C1([N+](=O)[O-])C=CC(C=Cc2ccccc2)=C(S(=O)(=O)O)C1S(=O)(=O)O. The van der Waals surface area contributed by atoms with Gasteiger partial charge in [0.15, 0.2) is 0 Å². The Bertz CT molecular complexity index is 1100. The van der Waals surface area contributed by atoms with Crippen molar-refractivity contribution < 1.29 is 35.8 Å². The zero-order valence-corrected chi connectivity index (χ0v) is 15.3. The normalized spacial score (nSPS) is 19.7. The van der Waals surface area contributed by atoms with E-state index in [2.05, 4.69) is 0 Å². The number of nitro groups is 2. The van der Waals surface area contributed by atoms with E-state index in [0.717, 1.165) is 6.08 Å². The zero-order chi connectivity index (χ0) is 21.3. The van der Waals surface area contributed by atoms with Gasteiger partial charge in [-0.25, -0.2) is 0 Å². The van der Waals surface area contributed by atoms with E-state index >= 15 is 0 Å². The summed E-state index contributed by atoms with van der Waals surface area (Å²) < 4.78 is 66.0. The highest BCUT2D eigenvalue weighted by Crippen LogP contribution is 2.38. The van der Waals surface area contributed by atoms with Crippen molar-refractivity contribution in [3.8, 4) is 0 Å². The Morgan fingerprint density at radius 1 is 0.964 bits per heavy atom. The Kier molecular flexibility index (Phi) is 5.52. The summed E-state index contributed by atoms with van der Waals surface area (Å²) in [5.74, 6) is 0. The van der Waals surface area contributed by atoms with E-state index in [1.165, 1.54) is 6.08 Å². The number of allylic oxidation sites excluding steroid dienone is 3. The van der Waals surface area contributed by atoms with E-state index in [4.69, 9.17) is 0 Å². The molecule has 1 aliphatic carbocycles. The third kappa shape index (κ3) is 3.84. The van der Waals surface area contributed by atoms with Gasteiger partial charge in [-0.1, -0.05) is 42.5 Å². The summed E-state index contributed by atoms with van der Waals surface area (Å²) in [4.78, 5) is 17.8. The van der Waals surface area contributed by atoms with E-state index in [1.807, 2.05) is 0 Å². The summed E-state index contributed by atoms with van der Waals surface area (Å²) in [6.07, 6.45) is 3.12. The van der Waals surface area contributed by atoms with Crippen LogP contribution in [0.5, 0.6) is 0 Å². The van der Waals surface area contributed by atoms with Crippen molar-refractivity contribution in [1.82, 2.24) is 0 Å². The standard InChI is InChI=1S/C14H12N2O10S2/c17-15(18)14(16(19)20)9-8-11(7-6-10-4-2-1-3-5-10)12(27(21,22)23)13(14)28(24,25)26/h1-9,13H,(H,21,22,23)(H,24,25,26). The van der Waals surface area contributed by atoms with Crippen molar-refractivity contribution in [3.05, 3.63) is 84.8 Å². The van der Waals surface area contributed by atoms with Crippen molar-refractivity contribution in [2.75, 3.05) is 0 Å². The van der Waals surface area contributed by atoms with Crippen LogP contribution in [0, 0.1) is 20.2 Å². The maximum atomic E-state index is 11.8. The first kappa shape index (κ1) is 21.4. The van der Waals surface area contributed by atoms with Gasteiger partial charge in [0.2, 0.25) is 0 Å². The molecule has 0 spiro atoms. The van der Waals surface area contributed by atoms with E-state index in [1.54, 1.807) is 30.3 Å². The van der Waals surface area contributed by atoms with Crippen LogP contribution in [0.1, 0.15) is 5.56 Å². The number of rotatable bonds is 6. The van der Waals surface area contributed by atoms with Gasteiger partial charge in [-0.05, 0) is 17.2 Å². The topological polar surface area (TPSA) is 195 Å². The van der Waals surface area contributed by atoms with Gasteiger partial charge in [-0.15, -0.1) is 0 Å². The third-order valence-electron chi connectivity index (χ3n) is 3.83. The van der Waals surface area contributed by atoms with Crippen LogP contribution < -0.4 is 0 Å². The smallest absolute Gasteiger partial charge is 0.285 e. The Labute approximate surface area is 158 Å². The molecule has 1 aromatic rings.